The van der Waals surface area contributed by atoms with E-state index >= 15 is 0 Å². The molecule has 0 radical (unpaired) electrons. The fourth-order valence-corrected chi connectivity index (χ4v) is 2.50. The summed E-state index contributed by atoms with van der Waals surface area (Å²) in [6.07, 6.45) is 1.63. The van der Waals surface area contributed by atoms with Gasteiger partial charge in [-0.25, -0.2) is 4.39 Å². The fourth-order valence-electron chi connectivity index (χ4n) is 2.32. The largest absolute Gasteiger partial charge is 0.393 e. The first-order valence-corrected chi connectivity index (χ1v) is 6.23. The van der Waals surface area contributed by atoms with Crippen molar-refractivity contribution in [1.29, 1.82) is 0 Å². The Bertz CT molecular complexity index is 393. The molecule has 0 amide bonds. The van der Waals surface area contributed by atoms with Crippen LogP contribution >= 0.6 is 11.6 Å². The van der Waals surface area contributed by atoms with Crippen molar-refractivity contribution in [3.8, 4) is 0 Å². The van der Waals surface area contributed by atoms with E-state index in [1.807, 2.05) is 13.1 Å². The second-order valence-corrected chi connectivity index (χ2v) is 5.28. The van der Waals surface area contributed by atoms with Crippen LogP contribution in [-0.4, -0.2) is 29.7 Å². The number of rotatable bonds is 4. The lowest BCUT2D eigenvalue weighted by molar-refractivity contribution is 0.0274. The first-order valence-electron chi connectivity index (χ1n) is 5.85. The molecular weight excluding hydrogens is 241 g/mol. The molecule has 1 N–H and O–H groups in total. The summed E-state index contributed by atoms with van der Waals surface area (Å²) in [5.74, 6) is 0.193. The van der Waals surface area contributed by atoms with Crippen molar-refractivity contribution < 1.29 is 9.50 Å². The van der Waals surface area contributed by atoms with E-state index in [1.54, 1.807) is 6.07 Å². The Hall–Kier alpha value is -0.640. The Morgan fingerprint density at radius 1 is 1.47 bits per heavy atom. The Kier molecular flexibility index (Phi) is 4.02. The molecule has 0 aromatic heterocycles. The number of aliphatic hydroxyl groups is 1. The van der Waals surface area contributed by atoms with Gasteiger partial charge in [-0.3, -0.25) is 0 Å². The van der Waals surface area contributed by atoms with Gasteiger partial charge in [-0.05, 0) is 37.4 Å². The molecule has 1 aliphatic carbocycles. The van der Waals surface area contributed by atoms with Gasteiger partial charge in [0, 0.05) is 13.1 Å². The number of benzene rings is 1. The van der Waals surface area contributed by atoms with Crippen LogP contribution in [0.4, 0.5) is 4.39 Å². The van der Waals surface area contributed by atoms with Gasteiger partial charge >= 0.3 is 0 Å². The molecule has 0 heterocycles. The van der Waals surface area contributed by atoms with Gasteiger partial charge < -0.3 is 10.0 Å². The highest BCUT2D eigenvalue weighted by Crippen LogP contribution is 2.28. The highest BCUT2D eigenvalue weighted by Gasteiger charge is 2.27. The summed E-state index contributed by atoms with van der Waals surface area (Å²) in [6.45, 7) is 1.56. The molecule has 0 unspecified atom stereocenters. The zero-order valence-electron chi connectivity index (χ0n) is 9.87. The van der Waals surface area contributed by atoms with Crippen LogP contribution in [0.3, 0.4) is 0 Å². The van der Waals surface area contributed by atoms with E-state index < -0.39 is 0 Å². The van der Waals surface area contributed by atoms with E-state index in [9.17, 15) is 9.50 Å². The summed E-state index contributed by atoms with van der Waals surface area (Å²) < 4.78 is 13.2. The Morgan fingerprint density at radius 3 is 2.82 bits per heavy atom. The summed E-state index contributed by atoms with van der Waals surface area (Å²) in [6, 6.07) is 4.89. The summed E-state index contributed by atoms with van der Waals surface area (Å²) in [5, 5.41) is 9.43. The number of halogens is 2. The normalized spacial score (nSPS) is 23.8. The molecule has 17 heavy (non-hydrogen) atoms. The van der Waals surface area contributed by atoms with Crippen LogP contribution in [0.5, 0.6) is 0 Å². The minimum atomic E-state index is -0.364. The molecule has 0 bridgehead atoms. The highest BCUT2D eigenvalue weighted by molar-refractivity contribution is 6.31. The quantitative estimate of drug-likeness (QED) is 0.897. The molecule has 0 spiro atoms. The Morgan fingerprint density at radius 2 is 2.18 bits per heavy atom. The monoisotopic (exact) mass is 257 g/mol. The minimum Gasteiger partial charge on any atom is -0.393 e. The molecule has 0 aliphatic heterocycles. The Labute approximate surface area is 106 Å². The van der Waals surface area contributed by atoms with Gasteiger partial charge in [-0.2, -0.15) is 0 Å². The number of aliphatic hydroxyl groups excluding tert-OH is 1. The van der Waals surface area contributed by atoms with Crippen LogP contribution in [0.2, 0.25) is 5.02 Å². The topological polar surface area (TPSA) is 23.5 Å². The van der Waals surface area contributed by atoms with Gasteiger partial charge in [0.15, 0.2) is 0 Å². The van der Waals surface area contributed by atoms with Crippen molar-refractivity contribution in [2.45, 2.75) is 25.5 Å². The lowest BCUT2D eigenvalue weighted by Crippen LogP contribution is -2.36. The van der Waals surface area contributed by atoms with Gasteiger partial charge in [0.2, 0.25) is 0 Å². The van der Waals surface area contributed by atoms with Gasteiger partial charge in [0.25, 0.3) is 0 Å². The molecular formula is C13H17ClFNO. The van der Waals surface area contributed by atoms with Gasteiger partial charge in [-0.15, -0.1) is 0 Å². The van der Waals surface area contributed by atoms with Crippen molar-refractivity contribution in [1.82, 2.24) is 4.90 Å². The molecule has 1 aromatic rings. The second-order valence-electron chi connectivity index (χ2n) is 4.90. The van der Waals surface area contributed by atoms with E-state index in [0.29, 0.717) is 12.5 Å². The van der Waals surface area contributed by atoms with Crippen molar-refractivity contribution in [2.75, 3.05) is 13.6 Å². The van der Waals surface area contributed by atoms with Gasteiger partial charge in [0.1, 0.15) is 5.82 Å². The van der Waals surface area contributed by atoms with Crippen molar-refractivity contribution in [3.05, 3.63) is 34.6 Å². The average Bonchev–Trinajstić information content (AvgIpc) is 2.23. The summed E-state index contributed by atoms with van der Waals surface area (Å²) >= 11 is 5.90. The fraction of sp³-hybridized carbons (Fsp3) is 0.538. The van der Waals surface area contributed by atoms with Crippen molar-refractivity contribution in [2.24, 2.45) is 5.92 Å². The lowest BCUT2D eigenvalue weighted by atomic mass is 9.82. The maximum Gasteiger partial charge on any atom is 0.142 e. The first-order chi connectivity index (χ1) is 8.06. The molecule has 4 heteroatoms. The first kappa shape index (κ1) is 12.8. The highest BCUT2D eigenvalue weighted by atomic mass is 35.5. The SMILES string of the molecule is CN(Cc1cccc(F)c1Cl)CC1CC(O)C1. The van der Waals surface area contributed by atoms with Crippen LogP contribution in [0.1, 0.15) is 18.4 Å². The van der Waals surface area contributed by atoms with Crippen LogP contribution in [-0.2, 0) is 6.54 Å². The molecule has 1 saturated carbocycles. The van der Waals surface area contributed by atoms with Crippen molar-refractivity contribution >= 4 is 11.6 Å². The van der Waals surface area contributed by atoms with Gasteiger partial charge in [0.05, 0.1) is 11.1 Å². The maximum atomic E-state index is 13.2. The van der Waals surface area contributed by atoms with Crippen molar-refractivity contribution in [3.63, 3.8) is 0 Å². The van der Waals surface area contributed by atoms with Gasteiger partial charge in [-0.1, -0.05) is 23.7 Å². The summed E-state index contributed by atoms with van der Waals surface area (Å²) in [4.78, 5) is 2.12. The summed E-state index contributed by atoms with van der Waals surface area (Å²) in [7, 11) is 1.99. The predicted octanol–water partition coefficient (Wildman–Crippen LogP) is 2.68. The zero-order valence-corrected chi connectivity index (χ0v) is 10.6. The average molecular weight is 258 g/mol. The molecule has 2 nitrogen and oxygen atoms in total. The van der Waals surface area contributed by atoms with Crippen LogP contribution in [0.25, 0.3) is 0 Å². The summed E-state index contributed by atoms with van der Waals surface area (Å²) in [5.41, 5.74) is 0.814. The van der Waals surface area contributed by atoms with E-state index in [4.69, 9.17) is 11.6 Å². The van der Waals surface area contributed by atoms with Crippen LogP contribution in [0, 0.1) is 11.7 Å². The predicted molar refractivity (Wildman–Crippen MR) is 66.5 cm³/mol. The lowest BCUT2D eigenvalue weighted by Gasteiger charge is -2.34. The maximum absolute atomic E-state index is 13.2. The van der Waals surface area contributed by atoms with E-state index in [2.05, 4.69) is 4.90 Å². The minimum absolute atomic E-state index is 0.119. The third-order valence-electron chi connectivity index (χ3n) is 3.25. The molecule has 0 saturated heterocycles. The molecule has 94 valence electrons. The molecule has 1 aromatic carbocycles. The molecule has 1 fully saturated rings. The number of hydrogen-bond acceptors (Lipinski definition) is 2. The number of nitrogens with zero attached hydrogens (tertiary/aromatic N) is 1. The zero-order chi connectivity index (χ0) is 12.4. The smallest absolute Gasteiger partial charge is 0.142 e. The standard InChI is InChI=1S/C13H17ClFNO/c1-16(7-9-5-11(17)6-9)8-10-3-2-4-12(15)13(10)14/h2-4,9,11,17H,5-8H2,1H3. The Balaban J connectivity index is 1.89. The molecule has 0 atom stereocenters. The molecule has 1 aliphatic rings. The second kappa shape index (κ2) is 5.34. The van der Waals surface area contributed by atoms with E-state index in [-0.39, 0.29) is 16.9 Å². The third-order valence-corrected chi connectivity index (χ3v) is 3.68. The third kappa shape index (κ3) is 3.18. The van der Waals surface area contributed by atoms with Crippen LogP contribution in [0.15, 0.2) is 18.2 Å². The van der Waals surface area contributed by atoms with E-state index in [0.717, 1.165) is 24.9 Å². The van der Waals surface area contributed by atoms with Crippen LogP contribution < -0.4 is 0 Å². The molecule has 2 rings (SSSR count). The number of hydrogen-bond donors (Lipinski definition) is 1. The van der Waals surface area contributed by atoms with E-state index in [1.165, 1.54) is 6.07 Å².